The first-order chi connectivity index (χ1) is 7.71. The largest absolute Gasteiger partial charge is 0.354 e. The van der Waals surface area contributed by atoms with E-state index in [0.29, 0.717) is 0 Å². The number of rotatable bonds is 3. The lowest BCUT2D eigenvalue weighted by Crippen LogP contribution is -2.19. The molecule has 0 unspecified atom stereocenters. The fourth-order valence-corrected chi connectivity index (χ4v) is 1.30. The van der Waals surface area contributed by atoms with E-state index in [9.17, 15) is 4.79 Å². The number of aryl methyl sites for hydroxylation is 1. The maximum atomic E-state index is 11.3. The van der Waals surface area contributed by atoms with E-state index in [0.717, 1.165) is 12.0 Å². The maximum absolute atomic E-state index is 11.3. The summed E-state index contributed by atoms with van der Waals surface area (Å²) in [6, 6.07) is 9.66. The third kappa shape index (κ3) is 2.96. The molecule has 0 aromatic heterocycles. The minimum Gasteiger partial charge on any atom is -0.354 e. The first-order valence-electron chi connectivity index (χ1n) is 5.14. The molecule has 0 spiro atoms. The van der Waals surface area contributed by atoms with Crippen LogP contribution in [0.4, 0.5) is 0 Å². The number of likely N-dealkylation sites (N-methyl/N-ethyl adjacent to an activating group) is 1. The predicted octanol–water partition coefficient (Wildman–Crippen LogP) is 1.90. The Morgan fingerprint density at radius 1 is 1.44 bits per heavy atom. The van der Waals surface area contributed by atoms with Gasteiger partial charge in [-0.15, -0.1) is 0 Å². The van der Waals surface area contributed by atoms with Crippen LogP contribution < -0.4 is 5.32 Å². The van der Waals surface area contributed by atoms with Crippen LogP contribution in [0, 0.1) is 11.3 Å². The van der Waals surface area contributed by atoms with Crippen LogP contribution in [0.15, 0.2) is 29.8 Å². The van der Waals surface area contributed by atoms with E-state index in [4.69, 9.17) is 5.26 Å². The van der Waals surface area contributed by atoms with E-state index >= 15 is 0 Å². The molecule has 3 nitrogen and oxygen atoms in total. The average Bonchev–Trinajstić information content (AvgIpc) is 2.35. The van der Waals surface area contributed by atoms with Crippen molar-refractivity contribution in [1.29, 1.82) is 5.26 Å². The quantitative estimate of drug-likeness (QED) is 0.617. The van der Waals surface area contributed by atoms with E-state index < -0.39 is 0 Å². The van der Waals surface area contributed by atoms with Crippen molar-refractivity contribution in [1.82, 2.24) is 5.32 Å². The second kappa shape index (κ2) is 5.72. The molecule has 1 amide bonds. The van der Waals surface area contributed by atoms with Gasteiger partial charge in [-0.25, -0.2) is 0 Å². The fraction of sp³-hybridized carbons (Fsp3) is 0.231. The topological polar surface area (TPSA) is 52.9 Å². The highest BCUT2D eigenvalue weighted by molar-refractivity contribution is 6.01. The Morgan fingerprint density at radius 2 is 2.06 bits per heavy atom. The molecule has 0 saturated carbocycles. The van der Waals surface area contributed by atoms with Crippen LogP contribution in [0.25, 0.3) is 6.08 Å². The second-order valence-corrected chi connectivity index (χ2v) is 3.34. The summed E-state index contributed by atoms with van der Waals surface area (Å²) in [5.41, 5.74) is 2.21. The number of nitrogens with zero attached hydrogens (tertiary/aromatic N) is 1. The van der Waals surface area contributed by atoms with Crippen molar-refractivity contribution in [2.24, 2.45) is 0 Å². The zero-order valence-corrected chi connectivity index (χ0v) is 9.45. The zero-order chi connectivity index (χ0) is 12.0. The van der Waals surface area contributed by atoms with Crippen LogP contribution >= 0.6 is 0 Å². The monoisotopic (exact) mass is 214 g/mol. The summed E-state index contributed by atoms with van der Waals surface area (Å²) in [5.74, 6) is -0.359. The van der Waals surface area contributed by atoms with Crippen LogP contribution in [0.5, 0.6) is 0 Å². The van der Waals surface area contributed by atoms with E-state index in [1.165, 1.54) is 12.6 Å². The normalized spacial score (nSPS) is 10.7. The van der Waals surface area contributed by atoms with E-state index in [1.807, 2.05) is 30.3 Å². The highest BCUT2D eigenvalue weighted by Gasteiger charge is 2.05. The van der Waals surface area contributed by atoms with Gasteiger partial charge in [0.25, 0.3) is 5.91 Å². The van der Waals surface area contributed by atoms with Gasteiger partial charge in [0, 0.05) is 7.05 Å². The van der Waals surface area contributed by atoms with Gasteiger partial charge >= 0.3 is 0 Å². The molecule has 0 aliphatic heterocycles. The average molecular weight is 214 g/mol. The van der Waals surface area contributed by atoms with Crippen molar-refractivity contribution in [3.63, 3.8) is 0 Å². The summed E-state index contributed by atoms with van der Waals surface area (Å²) < 4.78 is 0. The molecule has 1 rings (SSSR count). The molecule has 0 radical (unpaired) electrons. The van der Waals surface area contributed by atoms with Gasteiger partial charge in [-0.2, -0.15) is 5.26 Å². The lowest BCUT2D eigenvalue weighted by Gasteiger charge is -1.99. The van der Waals surface area contributed by atoms with Gasteiger partial charge in [-0.1, -0.05) is 31.2 Å². The number of benzene rings is 1. The summed E-state index contributed by atoms with van der Waals surface area (Å²) in [7, 11) is 1.51. The van der Waals surface area contributed by atoms with Gasteiger partial charge in [0.05, 0.1) is 0 Å². The Hall–Kier alpha value is -2.08. The molecule has 0 saturated heterocycles. The van der Waals surface area contributed by atoms with Crippen molar-refractivity contribution in [3.05, 3.63) is 41.0 Å². The van der Waals surface area contributed by atoms with Gasteiger partial charge in [-0.05, 0) is 23.6 Å². The molecule has 82 valence electrons. The Bertz CT molecular complexity index is 438. The molecule has 0 bridgehead atoms. The second-order valence-electron chi connectivity index (χ2n) is 3.34. The summed E-state index contributed by atoms with van der Waals surface area (Å²) in [4.78, 5) is 11.3. The molecule has 1 aromatic carbocycles. The van der Waals surface area contributed by atoms with Crippen molar-refractivity contribution in [3.8, 4) is 6.07 Å². The Morgan fingerprint density at radius 3 is 2.50 bits per heavy atom. The van der Waals surface area contributed by atoms with Gasteiger partial charge < -0.3 is 5.32 Å². The molecule has 3 heteroatoms. The van der Waals surface area contributed by atoms with E-state index in [1.54, 1.807) is 6.08 Å². The highest BCUT2D eigenvalue weighted by Crippen LogP contribution is 2.09. The number of carbonyl (C=O) groups is 1. The third-order valence-corrected chi connectivity index (χ3v) is 2.29. The fourth-order valence-electron chi connectivity index (χ4n) is 1.30. The van der Waals surface area contributed by atoms with Crippen molar-refractivity contribution < 1.29 is 4.79 Å². The third-order valence-electron chi connectivity index (χ3n) is 2.29. The number of hydrogen-bond acceptors (Lipinski definition) is 2. The molecule has 16 heavy (non-hydrogen) atoms. The van der Waals surface area contributed by atoms with Crippen LogP contribution in [0.3, 0.4) is 0 Å². The van der Waals surface area contributed by atoms with Gasteiger partial charge in [0.2, 0.25) is 0 Å². The van der Waals surface area contributed by atoms with E-state index in [-0.39, 0.29) is 11.5 Å². The van der Waals surface area contributed by atoms with E-state index in [2.05, 4.69) is 12.2 Å². The van der Waals surface area contributed by atoms with Gasteiger partial charge in [0.1, 0.15) is 11.6 Å². The first-order valence-corrected chi connectivity index (χ1v) is 5.14. The lowest BCUT2D eigenvalue weighted by molar-refractivity contribution is -0.116. The Kier molecular flexibility index (Phi) is 4.28. The molecule has 0 heterocycles. The molecule has 1 N–H and O–H groups in total. The van der Waals surface area contributed by atoms with Crippen LogP contribution in [-0.4, -0.2) is 13.0 Å². The summed E-state index contributed by atoms with van der Waals surface area (Å²) >= 11 is 0. The van der Waals surface area contributed by atoms with Crippen LogP contribution in [0.1, 0.15) is 18.1 Å². The first kappa shape index (κ1) is 12.0. The van der Waals surface area contributed by atoms with Crippen molar-refractivity contribution in [2.45, 2.75) is 13.3 Å². The van der Waals surface area contributed by atoms with Gasteiger partial charge in [0.15, 0.2) is 0 Å². The summed E-state index contributed by atoms with van der Waals surface area (Å²) in [5, 5.41) is 11.2. The number of amides is 1. The van der Waals surface area contributed by atoms with Crippen LogP contribution in [-0.2, 0) is 11.2 Å². The molecule has 1 aromatic rings. The molecule has 0 aliphatic rings. The molecule has 0 atom stereocenters. The summed E-state index contributed by atoms with van der Waals surface area (Å²) in [6.07, 6.45) is 2.56. The smallest absolute Gasteiger partial charge is 0.261 e. The molecule has 0 fully saturated rings. The molecular weight excluding hydrogens is 200 g/mol. The SMILES string of the molecule is CCc1ccc(C=C(C#N)C(=O)NC)cc1. The standard InChI is InChI=1S/C13H14N2O/c1-3-10-4-6-11(7-5-10)8-12(9-14)13(16)15-2/h4-8H,3H2,1-2H3,(H,15,16). The predicted molar refractivity (Wildman–Crippen MR) is 63.5 cm³/mol. The van der Waals surface area contributed by atoms with Crippen molar-refractivity contribution in [2.75, 3.05) is 7.05 Å². The van der Waals surface area contributed by atoms with Crippen LogP contribution in [0.2, 0.25) is 0 Å². The molecular formula is C13H14N2O. The zero-order valence-electron chi connectivity index (χ0n) is 9.45. The van der Waals surface area contributed by atoms with Gasteiger partial charge in [-0.3, -0.25) is 4.79 Å². The van der Waals surface area contributed by atoms with Crippen molar-refractivity contribution >= 4 is 12.0 Å². The molecule has 0 aliphatic carbocycles. The Balaban J connectivity index is 2.96. The maximum Gasteiger partial charge on any atom is 0.261 e. The summed E-state index contributed by atoms with van der Waals surface area (Å²) in [6.45, 7) is 2.08. The highest BCUT2D eigenvalue weighted by atomic mass is 16.1. The number of carbonyl (C=O) groups excluding carboxylic acids is 1. The Labute approximate surface area is 95.4 Å². The minimum atomic E-state index is -0.359. The number of nitriles is 1. The number of hydrogen-bond donors (Lipinski definition) is 1. The lowest BCUT2D eigenvalue weighted by atomic mass is 10.1. The minimum absolute atomic E-state index is 0.117. The number of nitrogens with one attached hydrogen (secondary N) is 1.